The van der Waals surface area contributed by atoms with Crippen LogP contribution >= 0.6 is 23.2 Å². The molecule has 2 aliphatic carbocycles. The highest BCUT2D eigenvalue weighted by Gasteiger charge is 2.58. The molecule has 4 fully saturated rings. The van der Waals surface area contributed by atoms with Gasteiger partial charge in [0.1, 0.15) is 35.6 Å². The number of piperazine rings is 2. The summed E-state index contributed by atoms with van der Waals surface area (Å²) in [6.45, 7) is 2.90. The quantitative estimate of drug-likeness (QED) is 0.131. The molecule has 6 aromatic rings. The number of nitrogens with zero attached hydrogens (tertiary/aromatic N) is 8. The van der Waals surface area contributed by atoms with Crippen LogP contribution in [0.15, 0.2) is 73.6 Å². The van der Waals surface area contributed by atoms with Crippen LogP contribution in [0.5, 0.6) is 0 Å². The van der Waals surface area contributed by atoms with Crippen molar-refractivity contribution in [3.8, 4) is 0 Å². The Balaban J connectivity index is 1.02. The summed E-state index contributed by atoms with van der Waals surface area (Å²) in [6, 6.07) is 8.37. The summed E-state index contributed by atoms with van der Waals surface area (Å²) < 4.78 is 82.3. The molecule has 2 saturated carbocycles. The SMILES string of the molecule is O=C(C(Cc1ccc(C(F)(F)F)cc1)N1CCN(c2ncnc3[nH]cc(Cl)c23)CC12CC2)C(Cc1ccc(C(F)(F)F)cc1)N1CCN(c2ncnc3[nH]cc(Cl)c23)CC12CC2. The average molecular weight is 898 g/mol. The summed E-state index contributed by atoms with van der Waals surface area (Å²) in [7, 11) is 0. The number of benzene rings is 2. The van der Waals surface area contributed by atoms with Crippen LogP contribution in [-0.2, 0) is 30.0 Å². The number of rotatable bonds is 10. The van der Waals surface area contributed by atoms with E-state index in [0.717, 1.165) is 49.9 Å². The topological polar surface area (TPSA) is 113 Å². The zero-order valence-corrected chi connectivity index (χ0v) is 34.6. The number of hydrogen-bond donors (Lipinski definition) is 2. The number of Topliss-reactive ketones (excluding diaryl/α,β-unsaturated/α-hetero) is 1. The summed E-state index contributed by atoms with van der Waals surface area (Å²) in [5.41, 5.74) is -0.130. The number of alkyl halides is 6. The summed E-state index contributed by atoms with van der Waals surface area (Å²) >= 11 is 13.2. The Kier molecular flexibility index (Phi) is 10.00. The molecule has 6 heterocycles. The molecule has 0 bridgehead atoms. The molecule has 0 amide bonds. The Labute approximate surface area is 361 Å². The minimum absolute atomic E-state index is 0.125. The van der Waals surface area contributed by atoms with Crippen molar-refractivity contribution in [1.82, 2.24) is 39.7 Å². The maximum atomic E-state index is 15.9. The molecular formula is C43H40Cl2F6N10O. The molecule has 324 valence electrons. The first kappa shape index (κ1) is 41.1. The van der Waals surface area contributed by atoms with Crippen molar-refractivity contribution in [2.45, 2.75) is 74.0 Å². The van der Waals surface area contributed by atoms with Gasteiger partial charge in [-0.05, 0) is 73.9 Å². The van der Waals surface area contributed by atoms with Crippen molar-refractivity contribution in [3.05, 3.63) is 106 Å². The maximum absolute atomic E-state index is 15.9. The summed E-state index contributed by atoms with van der Waals surface area (Å²) in [4.78, 5) is 48.7. The van der Waals surface area contributed by atoms with Gasteiger partial charge in [0.15, 0.2) is 5.78 Å². The van der Waals surface area contributed by atoms with E-state index in [9.17, 15) is 26.3 Å². The monoisotopic (exact) mass is 896 g/mol. The van der Waals surface area contributed by atoms with E-state index in [1.807, 2.05) is 0 Å². The van der Waals surface area contributed by atoms with Crippen molar-refractivity contribution < 1.29 is 31.1 Å². The number of aromatic amines is 2. The zero-order valence-electron chi connectivity index (χ0n) is 33.1. The third kappa shape index (κ3) is 7.43. The second kappa shape index (κ2) is 15.1. The van der Waals surface area contributed by atoms with E-state index in [-0.39, 0.29) is 18.6 Å². The molecule has 10 rings (SSSR count). The van der Waals surface area contributed by atoms with Crippen LogP contribution in [0.3, 0.4) is 0 Å². The highest BCUT2D eigenvalue weighted by atomic mass is 35.5. The first-order valence-corrected chi connectivity index (χ1v) is 21.2. The standard InChI is InChI=1S/C43H40Cl2F6N10O/c44-29-19-52-36-33(29)38(56-23-54-36)58-13-15-60(40(21-58)9-10-40)31(17-25-1-5-27(6-2-25)42(46,47)48)35(62)32(18-26-3-7-28(8-4-26)43(49,50)51)61-16-14-59(22-41(61)11-12-41)39-34-30(45)20-53-37(34)55-24-57-39/h1-8,19-20,23-24,31-32H,9-18,21-22H2,(H,52,54,56)(H,53,55,57). The molecule has 4 aliphatic rings. The number of nitrogens with one attached hydrogen (secondary N) is 2. The molecule has 2 spiro atoms. The van der Waals surface area contributed by atoms with Gasteiger partial charge >= 0.3 is 12.4 Å². The van der Waals surface area contributed by atoms with Crippen molar-refractivity contribution in [3.63, 3.8) is 0 Å². The molecule has 2 unspecified atom stereocenters. The lowest BCUT2D eigenvalue weighted by atomic mass is 9.88. The van der Waals surface area contributed by atoms with Gasteiger partial charge in [0, 0.05) is 62.7 Å². The number of anilines is 2. The Morgan fingerprint density at radius 3 is 1.35 bits per heavy atom. The first-order chi connectivity index (χ1) is 29.6. The number of ketones is 1. The van der Waals surface area contributed by atoms with E-state index >= 15 is 4.79 Å². The largest absolute Gasteiger partial charge is 0.416 e. The number of carbonyl (C=O) groups is 1. The van der Waals surface area contributed by atoms with Crippen LogP contribution in [-0.4, -0.2) is 108 Å². The van der Waals surface area contributed by atoms with Crippen LogP contribution in [0.25, 0.3) is 22.1 Å². The van der Waals surface area contributed by atoms with Gasteiger partial charge in [-0.3, -0.25) is 14.6 Å². The van der Waals surface area contributed by atoms with Crippen LogP contribution in [0.2, 0.25) is 10.0 Å². The van der Waals surface area contributed by atoms with Crippen LogP contribution in [0, 0.1) is 0 Å². The van der Waals surface area contributed by atoms with Crippen molar-refractivity contribution in [2.24, 2.45) is 0 Å². The van der Waals surface area contributed by atoms with Gasteiger partial charge in [-0.25, -0.2) is 19.9 Å². The Hall–Kier alpha value is -4.97. The highest BCUT2D eigenvalue weighted by molar-refractivity contribution is 6.36. The van der Waals surface area contributed by atoms with Crippen LogP contribution in [0.1, 0.15) is 47.9 Å². The minimum Gasteiger partial charge on any atom is -0.353 e. The number of aromatic nitrogens is 6. The zero-order chi connectivity index (χ0) is 43.2. The number of fused-ring (bicyclic) bond motifs is 2. The first-order valence-electron chi connectivity index (χ1n) is 20.5. The van der Waals surface area contributed by atoms with Crippen LogP contribution in [0.4, 0.5) is 38.0 Å². The normalized spacial score (nSPS) is 20.1. The third-order valence-corrected chi connectivity index (χ3v) is 13.9. The van der Waals surface area contributed by atoms with Gasteiger partial charge in [-0.15, -0.1) is 0 Å². The number of H-pyrrole nitrogens is 2. The van der Waals surface area contributed by atoms with E-state index in [1.165, 1.54) is 36.9 Å². The number of carbonyl (C=O) groups excluding carboxylic acids is 1. The van der Waals surface area contributed by atoms with Crippen LogP contribution < -0.4 is 9.80 Å². The molecule has 62 heavy (non-hydrogen) atoms. The summed E-state index contributed by atoms with van der Waals surface area (Å²) in [5, 5.41) is 2.36. The Morgan fingerprint density at radius 1 is 0.613 bits per heavy atom. The lowest BCUT2D eigenvalue weighted by Gasteiger charge is -2.49. The molecule has 2 saturated heterocycles. The molecule has 0 radical (unpaired) electrons. The molecule has 2 atom stereocenters. The van der Waals surface area contributed by atoms with Gasteiger partial charge in [-0.2, -0.15) is 26.3 Å². The van der Waals surface area contributed by atoms with Crippen molar-refractivity contribution in [2.75, 3.05) is 49.1 Å². The fraction of sp³-hybridized carbons (Fsp3) is 0.419. The smallest absolute Gasteiger partial charge is 0.353 e. The average Bonchev–Trinajstić information content (AvgIpc) is 4.13. The van der Waals surface area contributed by atoms with Gasteiger partial charge in [0.25, 0.3) is 0 Å². The Bertz CT molecular complexity index is 2460. The van der Waals surface area contributed by atoms with E-state index < -0.39 is 46.6 Å². The molecule has 2 aromatic carbocycles. The van der Waals surface area contributed by atoms with Crippen molar-refractivity contribution in [1.29, 1.82) is 0 Å². The summed E-state index contributed by atoms with van der Waals surface area (Å²) in [6.07, 6.45) is 0.602. The molecule has 2 aliphatic heterocycles. The highest BCUT2D eigenvalue weighted by Crippen LogP contribution is 2.50. The molecule has 11 nitrogen and oxygen atoms in total. The summed E-state index contributed by atoms with van der Waals surface area (Å²) in [5.74, 6) is 1.22. The second-order valence-corrected chi connectivity index (χ2v) is 17.8. The van der Waals surface area contributed by atoms with E-state index in [4.69, 9.17) is 23.2 Å². The molecule has 2 N–H and O–H groups in total. The van der Waals surface area contributed by atoms with Gasteiger partial charge in [0.2, 0.25) is 0 Å². The van der Waals surface area contributed by atoms with E-state index in [1.54, 1.807) is 12.4 Å². The lowest BCUT2D eigenvalue weighted by molar-refractivity contribution is -0.138. The number of halogens is 8. The third-order valence-electron chi connectivity index (χ3n) is 13.3. The van der Waals surface area contributed by atoms with Gasteiger partial charge in [0.05, 0.1) is 44.0 Å². The number of hydrogen-bond acceptors (Lipinski definition) is 9. The maximum Gasteiger partial charge on any atom is 0.416 e. The van der Waals surface area contributed by atoms with E-state index in [2.05, 4.69) is 49.5 Å². The predicted molar refractivity (Wildman–Crippen MR) is 222 cm³/mol. The fourth-order valence-corrected chi connectivity index (χ4v) is 10.3. The van der Waals surface area contributed by atoms with E-state index in [0.29, 0.717) is 94.1 Å². The molecule has 4 aromatic heterocycles. The minimum atomic E-state index is -4.53. The lowest BCUT2D eigenvalue weighted by Crippen LogP contribution is -2.66. The molecule has 19 heteroatoms. The van der Waals surface area contributed by atoms with Gasteiger partial charge in [-0.1, -0.05) is 47.5 Å². The Morgan fingerprint density at radius 2 is 1.00 bits per heavy atom. The second-order valence-electron chi connectivity index (χ2n) is 17.0. The fourth-order valence-electron chi connectivity index (χ4n) is 9.85. The van der Waals surface area contributed by atoms with Crippen molar-refractivity contribution >= 4 is 62.7 Å². The molecular weight excluding hydrogens is 857 g/mol. The van der Waals surface area contributed by atoms with Gasteiger partial charge < -0.3 is 19.8 Å². The predicted octanol–water partition coefficient (Wildman–Crippen LogP) is 8.37.